The molecule has 3 rings (SSSR count). The van der Waals surface area contributed by atoms with Gasteiger partial charge in [-0.3, -0.25) is 9.59 Å². The van der Waals surface area contributed by atoms with E-state index in [-0.39, 0.29) is 10.8 Å². The summed E-state index contributed by atoms with van der Waals surface area (Å²) in [6.45, 7) is 0.461. The highest BCUT2D eigenvalue weighted by Gasteiger charge is 2.44. The second-order valence-electron chi connectivity index (χ2n) is 6.45. The number of nitrogens with zero attached hydrogens (tertiary/aromatic N) is 2. The van der Waals surface area contributed by atoms with Crippen molar-refractivity contribution in [1.29, 1.82) is 0 Å². The van der Waals surface area contributed by atoms with Gasteiger partial charge in [0.2, 0.25) is 15.9 Å². The van der Waals surface area contributed by atoms with Gasteiger partial charge < -0.3 is 10.0 Å². The average molecular weight is 352 g/mol. The number of carbonyl (C=O) groups is 2. The lowest BCUT2D eigenvalue weighted by Crippen LogP contribution is -2.45. The summed E-state index contributed by atoms with van der Waals surface area (Å²) in [6, 6.07) is 4.80. The zero-order valence-electron chi connectivity index (χ0n) is 13.6. The predicted octanol–water partition coefficient (Wildman–Crippen LogP) is 0.937. The van der Waals surface area contributed by atoms with Crippen LogP contribution in [-0.2, 0) is 26.0 Å². The number of hydrogen-bond acceptors (Lipinski definition) is 4. The summed E-state index contributed by atoms with van der Waals surface area (Å²) in [5.74, 6) is -2.30. The number of amides is 1. The summed E-state index contributed by atoms with van der Waals surface area (Å²) >= 11 is 0. The Balaban J connectivity index is 1.91. The summed E-state index contributed by atoms with van der Waals surface area (Å²) in [5, 5.41) is 9.15. The number of carboxylic acids is 1. The third kappa shape index (κ3) is 2.59. The van der Waals surface area contributed by atoms with Crippen LogP contribution in [0.1, 0.15) is 18.4 Å². The van der Waals surface area contributed by atoms with E-state index in [1.54, 1.807) is 17.0 Å². The molecule has 0 bridgehead atoms. The Morgan fingerprint density at radius 1 is 1.21 bits per heavy atom. The third-order valence-electron chi connectivity index (χ3n) is 4.91. The molecule has 1 amide bonds. The topological polar surface area (TPSA) is 95.0 Å². The minimum Gasteiger partial charge on any atom is -0.481 e. The lowest BCUT2D eigenvalue weighted by Gasteiger charge is -2.35. The van der Waals surface area contributed by atoms with Crippen LogP contribution in [0.3, 0.4) is 0 Å². The Morgan fingerprint density at radius 2 is 1.88 bits per heavy atom. The highest BCUT2D eigenvalue weighted by molar-refractivity contribution is 7.89. The molecule has 0 aromatic heterocycles. The fourth-order valence-electron chi connectivity index (χ4n) is 3.25. The van der Waals surface area contributed by atoms with Crippen LogP contribution in [0, 0.1) is 11.8 Å². The third-order valence-corrected chi connectivity index (χ3v) is 6.72. The quantitative estimate of drug-likeness (QED) is 0.870. The van der Waals surface area contributed by atoms with Crippen LogP contribution < -0.4 is 4.90 Å². The fraction of sp³-hybridized carbons (Fsp3) is 0.500. The first-order valence-electron chi connectivity index (χ1n) is 7.83. The zero-order chi connectivity index (χ0) is 17.6. The molecule has 0 radical (unpaired) electrons. The van der Waals surface area contributed by atoms with Gasteiger partial charge in [0.15, 0.2) is 0 Å². The zero-order valence-corrected chi connectivity index (χ0v) is 14.4. The first kappa shape index (κ1) is 16.9. The lowest BCUT2D eigenvalue weighted by atomic mass is 9.73. The van der Waals surface area contributed by atoms with Crippen LogP contribution in [0.4, 0.5) is 5.69 Å². The molecule has 1 aliphatic carbocycles. The molecule has 0 spiro atoms. The van der Waals surface area contributed by atoms with Gasteiger partial charge in [0.05, 0.1) is 16.7 Å². The van der Waals surface area contributed by atoms with Crippen molar-refractivity contribution in [2.45, 2.75) is 24.2 Å². The van der Waals surface area contributed by atoms with Gasteiger partial charge >= 0.3 is 5.97 Å². The van der Waals surface area contributed by atoms with Gasteiger partial charge in [-0.2, -0.15) is 0 Å². The van der Waals surface area contributed by atoms with Crippen molar-refractivity contribution >= 4 is 27.6 Å². The molecule has 24 heavy (non-hydrogen) atoms. The molecule has 1 saturated carbocycles. The van der Waals surface area contributed by atoms with E-state index < -0.39 is 27.8 Å². The Kier molecular flexibility index (Phi) is 4.13. The van der Waals surface area contributed by atoms with Gasteiger partial charge in [0, 0.05) is 26.3 Å². The molecule has 2 unspecified atom stereocenters. The number of anilines is 1. The number of carbonyl (C=O) groups excluding carboxylic acids is 1. The molecule has 1 aliphatic heterocycles. The molecule has 1 aromatic carbocycles. The molecule has 8 heteroatoms. The summed E-state index contributed by atoms with van der Waals surface area (Å²) in [4.78, 5) is 25.5. The van der Waals surface area contributed by atoms with Gasteiger partial charge in [-0.25, -0.2) is 12.7 Å². The van der Waals surface area contributed by atoms with E-state index in [0.29, 0.717) is 31.5 Å². The smallest absolute Gasteiger partial charge is 0.307 e. The van der Waals surface area contributed by atoms with Crippen LogP contribution in [0.15, 0.2) is 23.1 Å². The summed E-state index contributed by atoms with van der Waals surface area (Å²) in [7, 11) is -0.671. The molecule has 2 atom stereocenters. The van der Waals surface area contributed by atoms with E-state index >= 15 is 0 Å². The van der Waals surface area contributed by atoms with E-state index in [4.69, 9.17) is 5.11 Å². The van der Waals surface area contributed by atoms with Crippen molar-refractivity contribution in [1.82, 2.24) is 4.31 Å². The van der Waals surface area contributed by atoms with E-state index in [2.05, 4.69) is 0 Å². The molecular formula is C16H20N2O5S. The minimum absolute atomic E-state index is 0.134. The largest absolute Gasteiger partial charge is 0.481 e. The van der Waals surface area contributed by atoms with E-state index in [1.165, 1.54) is 20.2 Å². The molecule has 1 heterocycles. The number of sulfonamides is 1. The second kappa shape index (κ2) is 5.86. The molecule has 1 fully saturated rings. The molecule has 2 aliphatic rings. The highest BCUT2D eigenvalue weighted by Crippen LogP contribution is 2.39. The van der Waals surface area contributed by atoms with Crippen molar-refractivity contribution in [3.8, 4) is 0 Å². The van der Waals surface area contributed by atoms with Crippen LogP contribution >= 0.6 is 0 Å². The van der Waals surface area contributed by atoms with Crippen molar-refractivity contribution < 1.29 is 23.1 Å². The standard InChI is InChI=1S/C16H20N2O5S/c1-17(2)24(22,23)11-4-3-10-7-8-18(14(10)9-11)15(19)12-5-6-13(12)16(20)21/h3-4,9,12-13H,5-8H2,1-2H3,(H,20,21). The van der Waals surface area contributed by atoms with Crippen LogP contribution in [0.2, 0.25) is 0 Å². The van der Waals surface area contributed by atoms with Crippen LogP contribution in [-0.4, -0.2) is 50.3 Å². The number of carboxylic acid groups (broad SMARTS) is 1. The van der Waals surface area contributed by atoms with E-state index in [9.17, 15) is 18.0 Å². The fourth-order valence-corrected chi connectivity index (χ4v) is 4.17. The molecule has 130 valence electrons. The summed E-state index contributed by atoms with van der Waals surface area (Å²) < 4.78 is 25.7. The van der Waals surface area contributed by atoms with Crippen molar-refractivity contribution in [3.63, 3.8) is 0 Å². The average Bonchev–Trinajstić information content (AvgIpc) is 2.87. The number of aliphatic carboxylic acids is 1. The van der Waals surface area contributed by atoms with E-state index in [0.717, 1.165) is 9.87 Å². The minimum atomic E-state index is -3.58. The molecular weight excluding hydrogens is 332 g/mol. The van der Waals surface area contributed by atoms with E-state index in [1.807, 2.05) is 0 Å². The number of hydrogen-bond donors (Lipinski definition) is 1. The van der Waals surface area contributed by atoms with Gasteiger partial charge in [-0.1, -0.05) is 6.07 Å². The Labute approximate surface area is 140 Å². The van der Waals surface area contributed by atoms with Crippen molar-refractivity contribution in [2.75, 3.05) is 25.5 Å². The lowest BCUT2D eigenvalue weighted by molar-refractivity contribution is -0.151. The SMILES string of the molecule is CN(C)S(=O)(=O)c1ccc2c(c1)N(C(=O)C1CCC1C(=O)O)CC2. The second-order valence-corrected chi connectivity index (χ2v) is 8.60. The number of rotatable bonds is 4. The molecule has 7 nitrogen and oxygen atoms in total. The van der Waals surface area contributed by atoms with Crippen molar-refractivity contribution in [2.24, 2.45) is 11.8 Å². The van der Waals surface area contributed by atoms with Crippen molar-refractivity contribution in [3.05, 3.63) is 23.8 Å². The maximum Gasteiger partial charge on any atom is 0.307 e. The van der Waals surface area contributed by atoms with Crippen LogP contribution in [0.5, 0.6) is 0 Å². The monoisotopic (exact) mass is 352 g/mol. The van der Waals surface area contributed by atoms with Crippen LogP contribution in [0.25, 0.3) is 0 Å². The van der Waals surface area contributed by atoms with Gasteiger partial charge in [0.1, 0.15) is 0 Å². The maximum absolute atomic E-state index is 12.7. The molecule has 1 aromatic rings. The summed E-state index contributed by atoms with van der Waals surface area (Å²) in [6.07, 6.45) is 1.73. The summed E-state index contributed by atoms with van der Waals surface area (Å²) in [5.41, 5.74) is 1.49. The predicted molar refractivity (Wildman–Crippen MR) is 87.2 cm³/mol. The Morgan fingerprint density at radius 3 is 2.42 bits per heavy atom. The molecule has 1 N–H and O–H groups in total. The van der Waals surface area contributed by atoms with Gasteiger partial charge in [0.25, 0.3) is 0 Å². The number of benzene rings is 1. The Bertz CT molecular complexity index is 803. The first-order chi connectivity index (χ1) is 11.2. The maximum atomic E-state index is 12.7. The first-order valence-corrected chi connectivity index (χ1v) is 9.27. The van der Waals surface area contributed by atoms with Gasteiger partial charge in [-0.15, -0.1) is 0 Å². The van der Waals surface area contributed by atoms with Gasteiger partial charge in [-0.05, 0) is 37.0 Å². The Hall–Kier alpha value is -1.93. The number of fused-ring (bicyclic) bond motifs is 1. The molecule has 0 saturated heterocycles. The highest BCUT2D eigenvalue weighted by atomic mass is 32.2. The normalized spacial score (nSPS) is 23.0.